The van der Waals surface area contributed by atoms with Gasteiger partial charge in [-0.15, -0.1) is 0 Å². The molecule has 0 spiro atoms. The van der Waals surface area contributed by atoms with Gasteiger partial charge in [0, 0.05) is 32.4 Å². The van der Waals surface area contributed by atoms with Crippen molar-refractivity contribution in [1.82, 2.24) is 20.2 Å². The molecular weight excluding hydrogens is 440 g/mol. The highest BCUT2D eigenvalue weighted by molar-refractivity contribution is 7.22. The Morgan fingerprint density at radius 2 is 2.03 bits per heavy atom. The van der Waals surface area contributed by atoms with Gasteiger partial charge in [-0.25, -0.2) is 4.98 Å². The number of carbonyl (C=O) groups is 3. The van der Waals surface area contributed by atoms with Crippen molar-refractivity contribution in [2.75, 3.05) is 37.3 Å². The molecule has 0 bridgehead atoms. The van der Waals surface area contributed by atoms with Gasteiger partial charge >= 0.3 is 0 Å². The number of hydrogen-bond donors (Lipinski definition) is 3. The summed E-state index contributed by atoms with van der Waals surface area (Å²) in [5, 5.41) is 8.89. The normalized spacial score (nSPS) is 18.6. The van der Waals surface area contributed by atoms with Gasteiger partial charge in [-0.1, -0.05) is 17.4 Å². The molecule has 0 aliphatic carbocycles. The zero-order valence-electron chi connectivity index (χ0n) is 18.6. The van der Waals surface area contributed by atoms with Crippen molar-refractivity contribution in [1.29, 1.82) is 0 Å². The lowest BCUT2D eigenvalue weighted by molar-refractivity contribution is -0.130. The number of rotatable bonds is 6. The number of nitrogens with one attached hydrogen (secondary N) is 3. The molecule has 9 nitrogen and oxygen atoms in total. The van der Waals surface area contributed by atoms with Crippen LogP contribution >= 0.6 is 11.3 Å². The van der Waals surface area contributed by atoms with E-state index >= 15 is 0 Å². The highest BCUT2D eigenvalue weighted by atomic mass is 32.1. The van der Waals surface area contributed by atoms with Crippen LogP contribution in [-0.2, 0) is 19.8 Å². The Morgan fingerprint density at radius 3 is 2.76 bits per heavy atom. The number of benzene rings is 1. The molecule has 3 N–H and O–H groups in total. The van der Waals surface area contributed by atoms with E-state index in [-0.39, 0.29) is 24.3 Å². The summed E-state index contributed by atoms with van der Waals surface area (Å²) in [5.74, 6) is -0.426. The summed E-state index contributed by atoms with van der Waals surface area (Å²) >= 11 is 1.35. The van der Waals surface area contributed by atoms with E-state index in [9.17, 15) is 14.4 Å². The molecule has 3 heterocycles. The van der Waals surface area contributed by atoms with Gasteiger partial charge in [-0.05, 0) is 49.7 Å². The lowest BCUT2D eigenvalue weighted by atomic mass is 9.75. The molecule has 1 unspecified atom stereocenters. The summed E-state index contributed by atoms with van der Waals surface area (Å²) in [6, 6.07) is 11.0. The zero-order valence-corrected chi connectivity index (χ0v) is 19.4. The fourth-order valence-electron chi connectivity index (χ4n) is 4.30. The third kappa shape index (κ3) is 5.01. The van der Waals surface area contributed by atoms with Gasteiger partial charge in [0.05, 0.1) is 22.5 Å². The Kier molecular flexibility index (Phi) is 6.66. The van der Waals surface area contributed by atoms with Gasteiger partial charge in [0.15, 0.2) is 5.13 Å². The third-order valence-electron chi connectivity index (χ3n) is 5.71. The molecule has 1 saturated heterocycles. The first-order valence-corrected chi connectivity index (χ1v) is 11.6. The van der Waals surface area contributed by atoms with Crippen LogP contribution in [0.15, 0.2) is 42.6 Å². The molecule has 2 aromatic heterocycles. The summed E-state index contributed by atoms with van der Waals surface area (Å²) in [6.45, 7) is 2.74. The van der Waals surface area contributed by atoms with Crippen molar-refractivity contribution < 1.29 is 14.4 Å². The fourth-order valence-corrected chi connectivity index (χ4v) is 5.22. The molecule has 1 fully saturated rings. The molecule has 4 rings (SSSR count). The van der Waals surface area contributed by atoms with E-state index in [1.54, 1.807) is 19.3 Å². The molecule has 10 heteroatoms. The minimum absolute atomic E-state index is 0.0903. The van der Waals surface area contributed by atoms with Crippen LogP contribution in [0, 0.1) is 0 Å². The van der Waals surface area contributed by atoms with Crippen LogP contribution in [0.25, 0.3) is 10.2 Å². The van der Waals surface area contributed by atoms with Gasteiger partial charge in [0.25, 0.3) is 0 Å². The second-order valence-corrected chi connectivity index (χ2v) is 9.15. The number of thiazole rings is 1. The number of likely N-dealkylation sites (tertiary alicyclic amines) is 1. The number of carbonyl (C=O) groups excluding carboxylic acids is 3. The molecule has 3 amide bonds. The number of fused-ring (bicyclic) bond motifs is 1. The van der Waals surface area contributed by atoms with Crippen molar-refractivity contribution in [2.45, 2.75) is 25.2 Å². The number of amides is 3. The van der Waals surface area contributed by atoms with Crippen LogP contribution in [-0.4, -0.2) is 59.3 Å². The van der Waals surface area contributed by atoms with Gasteiger partial charge in [0.1, 0.15) is 5.41 Å². The van der Waals surface area contributed by atoms with Crippen molar-refractivity contribution in [2.24, 2.45) is 0 Å². The average Bonchev–Trinajstić information content (AvgIpc) is 3.20. The lowest BCUT2D eigenvalue weighted by Crippen LogP contribution is -2.55. The third-order valence-corrected chi connectivity index (χ3v) is 6.64. The highest BCUT2D eigenvalue weighted by Gasteiger charge is 2.44. The second kappa shape index (κ2) is 9.63. The van der Waals surface area contributed by atoms with Crippen LogP contribution in [0.3, 0.4) is 0 Å². The topological polar surface area (TPSA) is 116 Å². The van der Waals surface area contributed by atoms with Gasteiger partial charge in [-0.3, -0.25) is 24.3 Å². The standard InChI is InChI=1S/C23H26N6O3S/c1-15(30)26-16-7-8-17-18(12-16)33-22(27-17)28-20(31)13-29-11-5-9-23(14-29,21(32)24-2)19-6-3-4-10-25-19/h3-4,6-8,10,12H,5,9,11,13-14H2,1-2H3,(H,24,32)(H,26,30)(H,27,28,31). The number of anilines is 2. The number of pyridine rings is 1. The minimum atomic E-state index is -0.787. The molecule has 33 heavy (non-hydrogen) atoms. The number of hydrogen-bond acceptors (Lipinski definition) is 7. The van der Waals surface area contributed by atoms with Crippen molar-refractivity contribution in [3.05, 3.63) is 48.3 Å². The van der Waals surface area contributed by atoms with Crippen molar-refractivity contribution >= 4 is 50.1 Å². The molecule has 3 aromatic rings. The van der Waals surface area contributed by atoms with Gasteiger partial charge in [-0.2, -0.15) is 0 Å². The molecular formula is C23H26N6O3S. The monoisotopic (exact) mass is 466 g/mol. The number of nitrogens with zero attached hydrogens (tertiary/aromatic N) is 3. The largest absolute Gasteiger partial charge is 0.358 e. The Hall–Kier alpha value is -3.37. The maximum atomic E-state index is 12.9. The summed E-state index contributed by atoms with van der Waals surface area (Å²) < 4.78 is 0.864. The van der Waals surface area contributed by atoms with Crippen LogP contribution < -0.4 is 16.0 Å². The highest BCUT2D eigenvalue weighted by Crippen LogP contribution is 2.33. The van der Waals surface area contributed by atoms with Gasteiger partial charge < -0.3 is 16.0 Å². The maximum absolute atomic E-state index is 12.9. The van der Waals surface area contributed by atoms with Crippen LogP contribution in [0.2, 0.25) is 0 Å². The predicted molar refractivity (Wildman–Crippen MR) is 128 cm³/mol. The van der Waals surface area contributed by atoms with Crippen LogP contribution in [0.4, 0.5) is 10.8 Å². The van der Waals surface area contributed by atoms with E-state index < -0.39 is 5.41 Å². The Balaban J connectivity index is 1.46. The molecule has 0 radical (unpaired) electrons. The van der Waals surface area contributed by atoms with Crippen LogP contribution in [0.1, 0.15) is 25.5 Å². The summed E-state index contributed by atoms with van der Waals surface area (Å²) in [4.78, 5) is 47.9. The van der Waals surface area contributed by atoms with E-state index in [2.05, 4.69) is 25.9 Å². The Labute approximate surface area is 195 Å². The molecule has 0 saturated carbocycles. The zero-order chi connectivity index (χ0) is 23.4. The molecule has 1 atom stereocenters. The Bertz CT molecular complexity index is 1180. The van der Waals surface area contributed by atoms with E-state index in [1.165, 1.54) is 18.3 Å². The number of likely N-dealkylation sites (N-methyl/N-ethyl adjacent to an activating group) is 1. The summed E-state index contributed by atoms with van der Waals surface area (Å²) in [6.07, 6.45) is 3.15. The molecule has 1 aromatic carbocycles. The molecule has 1 aliphatic heterocycles. The minimum Gasteiger partial charge on any atom is -0.358 e. The van der Waals surface area contributed by atoms with Crippen molar-refractivity contribution in [3.8, 4) is 0 Å². The molecule has 1 aliphatic rings. The van der Waals surface area contributed by atoms with E-state index in [0.717, 1.165) is 28.9 Å². The fraction of sp³-hybridized carbons (Fsp3) is 0.348. The quantitative estimate of drug-likeness (QED) is 0.514. The lowest BCUT2D eigenvalue weighted by Gasteiger charge is -2.40. The van der Waals surface area contributed by atoms with Gasteiger partial charge in [0.2, 0.25) is 17.7 Å². The molecule has 172 valence electrons. The Morgan fingerprint density at radius 1 is 1.18 bits per heavy atom. The van der Waals surface area contributed by atoms with Crippen LogP contribution in [0.5, 0.6) is 0 Å². The van der Waals surface area contributed by atoms with Crippen molar-refractivity contribution in [3.63, 3.8) is 0 Å². The number of aromatic nitrogens is 2. The maximum Gasteiger partial charge on any atom is 0.240 e. The second-order valence-electron chi connectivity index (χ2n) is 8.12. The average molecular weight is 467 g/mol. The first kappa shape index (κ1) is 22.8. The number of piperidine rings is 1. The summed E-state index contributed by atoms with van der Waals surface area (Å²) in [7, 11) is 1.63. The first-order valence-electron chi connectivity index (χ1n) is 10.7. The van der Waals surface area contributed by atoms with E-state index in [0.29, 0.717) is 23.8 Å². The smallest absolute Gasteiger partial charge is 0.240 e. The van der Waals surface area contributed by atoms with E-state index in [1.807, 2.05) is 35.2 Å². The summed E-state index contributed by atoms with van der Waals surface area (Å²) in [5.41, 5.74) is 1.36. The SMILES string of the molecule is CNC(=O)C1(c2ccccn2)CCCN(CC(=O)Nc2nc3ccc(NC(C)=O)cc3s2)C1. The first-order chi connectivity index (χ1) is 15.9. The van der Waals surface area contributed by atoms with E-state index in [4.69, 9.17) is 0 Å². The predicted octanol–water partition coefficient (Wildman–Crippen LogP) is 2.37.